The minimum atomic E-state index is -0.511. The van der Waals surface area contributed by atoms with Gasteiger partial charge in [-0.05, 0) is 93.0 Å². The van der Waals surface area contributed by atoms with Gasteiger partial charge in [0.05, 0.1) is 31.5 Å². The topological polar surface area (TPSA) is 8.17 Å². The van der Waals surface area contributed by atoms with Gasteiger partial charge in [-0.15, -0.1) is 11.3 Å². The molecule has 0 fully saturated rings. The maximum absolute atomic E-state index is 2.49. The van der Waals surface area contributed by atoms with E-state index in [0.29, 0.717) is 0 Å². The van der Waals surface area contributed by atoms with Crippen molar-refractivity contribution in [3.8, 4) is 27.9 Å². The minimum absolute atomic E-state index is 0.511. The summed E-state index contributed by atoms with van der Waals surface area (Å²) in [5.41, 5.74) is 16.6. The van der Waals surface area contributed by atoms with Gasteiger partial charge in [0.15, 0.2) is 0 Å². The Kier molecular flexibility index (Phi) is 7.97. The van der Waals surface area contributed by atoms with Gasteiger partial charge in [0.2, 0.25) is 0 Å². The Hall–Kier alpha value is -7.46. The molecule has 1 aliphatic rings. The van der Waals surface area contributed by atoms with E-state index in [4.69, 9.17) is 0 Å². The van der Waals surface area contributed by atoms with Crippen LogP contribution in [-0.2, 0) is 5.41 Å². The lowest BCUT2D eigenvalue weighted by atomic mass is 9.67. The molecule has 0 bridgehead atoms. The molecule has 282 valence electrons. The molecule has 1 aliphatic carbocycles. The third-order valence-electron chi connectivity index (χ3n) is 12.5. The number of anilines is 3. The van der Waals surface area contributed by atoms with Gasteiger partial charge in [-0.3, -0.25) is 0 Å². The van der Waals surface area contributed by atoms with Crippen LogP contribution in [0, 0.1) is 0 Å². The molecular formula is C57H38N2S. The monoisotopic (exact) mass is 782 g/mol. The van der Waals surface area contributed by atoms with Crippen LogP contribution in [0.1, 0.15) is 22.3 Å². The van der Waals surface area contributed by atoms with Crippen LogP contribution in [0.25, 0.3) is 59.1 Å². The first kappa shape index (κ1) is 34.6. The molecule has 0 spiro atoms. The fourth-order valence-corrected chi connectivity index (χ4v) is 11.3. The molecule has 12 rings (SSSR count). The van der Waals surface area contributed by atoms with Crippen LogP contribution in [0.3, 0.4) is 0 Å². The summed E-state index contributed by atoms with van der Waals surface area (Å²) in [5, 5.41) is 2.52. The maximum Gasteiger partial charge on any atom is 0.0728 e. The average molecular weight is 783 g/mol. The summed E-state index contributed by atoms with van der Waals surface area (Å²) < 4.78 is 5.01. The van der Waals surface area contributed by atoms with Crippen LogP contribution in [0.4, 0.5) is 17.1 Å². The Morgan fingerprint density at radius 3 is 1.70 bits per heavy atom. The van der Waals surface area contributed by atoms with E-state index in [9.17, 15) is 0 Å². The van der Waals surface area contributed by atoms with Crippen molar-refractivity contribution in [2.24, 2.45) is 0 Å². The molecule has 0 radical (unpaired) electrons. The number of hydrogen-bond acceptors (Lipinski definition) is 2. The van der Waals surface area contributed by atoms with Crippen LogP contribution in [0.5, 0.6) is 0 Å². The molecule has 3 heteroatoms. The van der Waals surface area contributed by atoms with Crippen molar-refractivity contribution in [1.29, 1.82) is 0 Å². The van der Waals surface area contributed by atoms with E-state index in [0.717, 1.165) is 17.1 Å². The zero-order valence-corrected chi connectivity index (χ0v) is 33.6. The second-order valence-corrected chi connectivity index (χ2v) is 16.6. The van der Waals surface area contributed by atoms with Gasteiger partial charge in [0.25, 0.3) is 0 Å². The summed E-state index contributed by atoms with van der Waals surface area (Å²) in [7, 11) is 0. The van der Waals surface area contributed by atoms with Crippen LogP contribution >= 0.6 is 11.3 Å². The predicted octanol–water partition coefficient (Wildman–Crippen LogP) is 15.5. The smallest absolute Gasteiger partial charge is 0.0728 e. The molecule has 2 nitrogen and oxygen atoms in total. The summed E-state index contributed by atoms with van der Waals surface area (Å²) >= 11 is 1.90. The van der Waals surface area contributed by atoms with Crippen molar-refractivity contribution in [3.63, 3.8) is 0 Å². The SMILES string of the molecule is c1ccc(-c2ccc(N(c3ccc4c(c3)C(c3ccccc3)(c3ccccc3)c3ccccc3-4)c3cccc4c3sc3c5ccccc5n(-c5ccccc5)c43)cc2)cc1. The van der Waals surface area contributed by atoms with E-state index >= 15 is 0 Å². The standard InChI is InChI=1S/C57H38N2S/c1-5-18-39(19-6-1)40-32-34-44(35-33-40)58(53-31-17-28-49-54-56(60-55(49)53)48-27-14-16-30-52(48)59(54)43-24-11-4-12-25-43)45-36-37-47-46-26-13-15-29-50(46)57(51(47)38-45,41-20-7-2-8-21-41)42-22-9-3-10-23-42/h1-38H. The normalized spacial score (nSPS) is 12.8. The van der Waals surface area contributed by atoms with E-state index in [1.54, 1.807) is 0 Å². The zero-order chi connectivity index (χ0) is 39.6. The fourth-order valence-electron chi connectivity index (χ4n) is 9.93. The summed E-state index contributed by atoms with van der Waals surface area (Å²) in [6, 6.07) is 84.6. The maximum atomic E-state index is 2.49. The third-order valence-corrected chi connectivity index (χ3v) is 13.7. The second kappa shape index (κ2) is 13.8. The van der Waals surface area contributed by atoms with E-state index in [-0.39, 0.29) is 0 Å². The number of thiophene rings is 1. The quantitative estimate of drug-likeness (QED) is 0.156. The van der Waals surface area contributed by atoms with Gasteiger partial charge in [-0.2, -0.15) is 0 Å². The summed E-state index contributed by atoms with van der Waals surface area (Å²) in [5.74, 6) is 0. The number of fused-ring (bicyclic) bond motifs is 8. The number of hydrogen-bond donors (Lipinski definition) is 0. The van der Waals surface area contributed by atoms with Gasteiger partial charge < -0.3 is 9.47 Å². The highest BCUT2D eigenvalue weighted by Crippen LogP contribution is 2.58. The Labute approximate surface area is 353 Å². The van der Waals surface area contributed by atoms with Crippen LogP contribution < -0.4 is 4.90 Å². The first-order valence-corrected chi connectivity index (χ1v) is 21.4. The van der Waals surface area contributed by atoms with Crippen molar-refractivity contribution in [2.75, 3.05) is 4.90 Å². The molecule has 0 saturated carbocycles. The number of para-hydroxylation sites is 2. The fraction of sp³-hybridized carbons (Fsp3) is 0.0175. The molecule has 0 N–H and O–H groups in total. The predicted molar refractivity (Wildman–Crippen MR) is 254 cm³/mol. The summed E-state index contributed by atoms with van der Waals surface area (Å²) in [4.78, 5) is 2.49. The van der Waals surface area contributed by atoms with E-state index in [1.807, 2.05) is 11.3 Å². The first-order chi connectivity index (χ1) is 29.8. The Balaban J connectivity index is 1.14. The van der Waals surface area contributed by atoms with Gasteiger partial charge in [0, 0.05) is 27.8 Å². The van der Waals surface area contributed by atoms with Crippen LogP contribution in [0.15, 0.2) is 231 Å². The van der Waals surface area contributed by atoms with Gasteiger partial charge in [0.1, 0.15) is 0 Å². The molecule has 0 atom stereocenters. The lowest BCUT2D eigenvalue weighted by molar-refractivity contribution is 0.768. The van der Waals surface area contributed by atoms with Crippen molar-refractivity contribution >= 4 is 59.6 Å². The van der Waals surface area contributed by atoms with E-state index < -0.39 is 5.41 Å². The first-order valence-electron chi connectivity index (χ1n) is 20.6. The molecule has 60 heavy (non-hydrogen) atoms. The van der Waals surface area contributed by atoms with Gasteiger partial charge >= 0.3 is 0 Å². The highest BCUT2D eigenvalue weighted by Gasteiger charge is 2.46. The molecule has 9 aromatic carbocycles. The number of aromatic nitrogens is 1. The molecular weight excluding hydrogens is 745 g/mol. The minimum Gasteiger partial charge on any atom is -0.309 e. The molecule has 0 saturated heterocycles. The Morgan fingerprint density at radius 2 is 0.967 bits per heavy atom. The summed E-state index contributed by atoms with van der Waals surface area (Å²) in [6.45, 7) is 0. The third kappa shape index (κ3) is 5.13. The molecule has 2 aromatic heterocycles. The van der Waals surface area contributed by atoms with E-state index in [2.05, 4.69) is 240 Å². The van der Waals surface area contributed by atoms with Crippen molar-refractivity contribution < 1.29 is 0 Å². The van der Waals surface area contributed by atoms with E-state index in [1.165, 1.54) is 81.4 Å². The zero-order valence-electron chi connectivity index (χ0n) is 32.7. The number of rotatable bonds is 7. The lowest BCUT2D eigenvalue weighted by Crippen LogP contribution is -2.28. The van der Waals surface area contributed by atoms with Gasteiger partial charge in [-0.25, -0.2) is 0 Å². The summed E-state index contributed by atoms with van der Waals surface area (Å²) in [6.07, 6.45) is 0. The van der Waals surface area contributed by atoms with Crippen LogP contribution in [-0.4, -0.2) is 4.57 Å². The van der Waals surface area contributed by atoms with Crippen molar-refractivity contribution in [3.05, 3.63) is 253 Å². The largest absolute Gasteiger partial charge is 0.309 e. The van der Waals surface area contributed by atoms with Crippen molar-refractivity contribution in [1.82, 2.24) is 4.57 Å². The Morgan fingerprint density at radius 1 is 0.400 bits per heavy atom. The molecule has 11 aromatic rings. The van der Waals surface area contributed by atoms with Crippen LogP contribution in [0.2, 0.25) is 0 Å². The molecule has 0 unspecified atom stereocenters. The average Bonchev–Trinajstić information content (AvgIpc) is 3.97. The van der Waals surface area contributed by atoms with Gasteiger partial charge in [-0.1, -0.05) is 182 Å². The van der Waals surface area contributed by atoms with Crippen molar-refractivity contribution in [2.45, 2.75) is 5.41 Å². The highest BCUT2D eigenvalue weighted by molar-refractivity contribution is 7.27. The second-order valence-electron chi connectivity index (χ2n) is 15.6. The number of nitrogens with zero attached hydrogens (tertiary/aromatic N) is 2. The molecule has 0 aliphatic heterocycles. The molecule has 2 heterocycles. The highest BCUT2D eigenvalue weighted by atomic mass is 32.1. The number of benzene rings is 9. The Bertz CT molecular complexity index is 3310. The lowest BCUT2D eigenvalue weighted by Gasteiger charge is -2.35. The molecule has 0 amide bonds.